The molecule has 92 valence electrons. The number of aliphatic hydroxyl groups excluding tert-OH is 1. The van der Waals surface area contributed by atoms with E-state index in [-0.39, 0.29) is 11.5 Å². The number of aliphatic hydroxyl groups is 1. The number of nitrogens with one attached hydrogen (secondary N) is 1. The lowest BCUT2D eigenvalue weighted by Gasteiger charge is -2.04. The Hall–Kier alpha value is -0.0800. The first-order chi connectivity index (χ1) is 7.51. The number of thiophene rings is 1. The fourth-order valence-corrected chi connectivity index (χ4v) is 4.19. The Morgan fingerprint density at radius 2 is 2.25 bits per heavy atom. The first-order valence-electron chi connectivity index (χ1n) is 4.70. The van der Waals surface area contributed by atoms with Crippen molar-refractivity contribution in [3.8, 4) is 0 Å². The van der Waals surface area contributed by atoms with Crippen molar-refractivity contribution in [2.75, 3.05) is 18.6 Å². The molecule has 0 aliphatic carbocycles. The monoisotopic (exact) mass is 281 g/mol. The lowest BCUT2D eigenvalue weighted by atomic mass is 10.4. The van der Waals surface area contributed by atoms with Gasteiger partial charge in [0.2, 0.25) is 10.0 Å². The van der Waals surface area contributed by atoms with E-state index in [2.05, 4.69) is 4.72 Å². The molecule has 1 aromatic rings. The summed E-state index contributed by atoms with van der Waals surface area (Å²) in [6.45, 7) is 2.05. The van der Waals surface area contributed by atoms with Crippen LogP contribution < -0.4 is 4.72 Å². The van der Waals surface area contributed by atoms with Crippen LogP contribution in [0.5, 0.6) is 0 Å². The van der Waals surface area contributed by atoms with Gasteiger partial charge >= 0.3 is 0 Å². The van der Waals surface area contributed by atoms with Crippen molar-refractivity contribution in [3.05, 3.63) is 15.8 Å². The van der Waals surface area contributed by atoms with Gasteiger partial charge in [0, 0.05) is 22.1 Å². The minimum atomic E-state index is -3.42. The summed E-state index contributed by atoms with van der Waals surface area (Å²) in [6.07, 6.45) is 1.92. The molecule has 0 spiro atoms. The van der Waals surface area contributed by atoms with E-state index in [0.29, 0.717) is 16.3 Å². The average molecular weight is 281 g/mol. The molecule has 1 rings (SSSR count). The molecule has 0 aliphatic heterocycles. The van der Waals surface area contributed by atoms with Gasteiger partial charge in [0.25, 0.3) is 0 Å². The average Bonchev–Trinajstić information content (AvgIpc) is 2.60. The Bertz CT molecular complexity index is 439. The van der Waals surface area contributed by atoms with Gasteiger partial charge in [0.15, 0.2) is 0 Å². The molecule has 0 fully saturated rings. The van der Waals surface area contributed by atoms with Crippen LogP contribution in [-0.2, 0) is 16.6 Å². The third-order valence-electron chi connectivity index (χ3n) is 1.97. The number of thioether (sulfide) groups is 1. The quantitative estimate of drug-likeness (QED) is 0.769. The van der Waals surface area contributed by atoms with Gasteiger partial charge in [-0.25, -0.2) is 13.1 Å². The molecule has 0 bridgehead atoms. The summed E-state index contributed by atoms with van der Waals surface area (Å²) in [7, 11) is -3.42. The molecule has 1 aromatic heterocycles. The predicted molar refractivity (Wildman–Crippen MR) is 68.5 cm³/mol. The first kappa shape index (κ1) is 14.0. The second-order valence-corrected chi connectivity index (χ2v) is 7.24. The lowest BCUT2D eigenvalue weighted by molar-refractivity contribution is 0.285. The van der Waals surface area contributed by atoms with Gasteiger partial charge in [-0.15, -0.1) is 11.3 Å². The number of rotatable bonds is 6. The molecular weight excluding hydrogens is 266 g/mol. The highest BCUT2D eigenvalue weighted by atomic mass is 32.2. The van der Waals surface area contributed by atoms with E-state index in [1.807, 2.05) is 6.26 Å². The van der Waals surface area contributed by atoms with E-state index < -0.39 is 10.0 Å². The normalized spacial score (nSPS) is 11.9. The Morgan fingerprint density at radius 3 is 2.75 bits per heavy atom. The summed E-state index contributed by atoms with van der Waals surface area (Å²) in [5.41, 5.74) is 0. The molecule has 0 amide bonds. The number of sulfonamides is 1. The largest absolute Gasteiger partial charge is 0.391 e. The second-order valence-electron chi connectivity index (χ2n) is 3.18. The zero-order valence-corrected chi connectivity index (χ0v) is 11.6. The zero-order valence-electron chi connectivity index (χ0n) is 9.19. The van der Waals surface area contributed by atoms with Crippen molar-refractivity contribution >= 4 is 33.1 Å². The highest BCUT2D eigenvalue weighted by Gasteiger charge is 2.18. The molecule has 0 saturated heterocycles. The molecule has 4 nitrogen and oxygen atoms in total. The molecule has 0 unspecified atom stereocenters. The van der Waals surface area contributed by atoms with Crippen molar-refractivity contribution in [2.24, 2.45) is 0 Å². The summed E-state index contributed by atoms with van der Waals surface area (Å²) < 4.78 is 26.3. The van der Waals surface area contributed by atoms with Crippen molar-refractivity contribution in [1.82, 2.24) is 4.72 Å². The SMILES string of the molecule is CSCCNS(=O)(=O)c1cc(CO)sc1C. The maximum Gasteiger partial charge on any atom is 0.241 e. The van der Waals surface area contributed by atoms with Crippen LogP contribution in [0, 0.1) is 6.92 Å². The third-order valence-corrected chi connectivity index (χ3v) is 5.33. The molecule has 0 aliphatic rings. The maximum atomic E-state index is 11.9. The second kappa shape index (κ2) is 6.02. The van der Waals surface area contributed by atoms with Crippen LogP contribution in [0.25, 0.3) is 0 Å². The molecule has 0 aromatic carbocycles. The van der Waals surface area contributed by atoms with E-state index in [1.54, 1.807) is 18.7 Å². The maximum absolute atomic E-state index is 11.9. The van der Waals surface area contributed by atoms with Gasteiger partial charge in [-0.05, 0) is 19.2 Å². The van der Waals surface area contributed by atoms with Gasteiger partial charge in [0.05, 0.1) is 11.5 Å². The molecule has 2 N–H and O–H groups in total. The third kappa shape index (κ3) is 3.46. The molecule has 0 saturated carbocycles. The van der Waals surface area contributed by atoms with E-state index in [1.165, 1.54) is 17.4 Å². The standard InChI is InChI=1S/C9H15NO3S3/c1-7-9(5-8(6-11)15-7)16(12,13)10-3-4-14-2/h5,10-11H,3-4,6H2,1-2H3. The highest BCUT2D eigenvalue weighted by molar-refractivity contribution is 7.98. The predicted octanol–water partition coefficient (Wildman–Crippen LogP) is 1.19. The Kier molecular flexibility index (Phi) is 5.26. The smallest absolute Gasteiger partial charge is 0.241 e. The zero-order chi connectivity index (χ0) is 12.2. The number of aryl methyl sites for hydroxylation is 1. The topological polar surface area (TPSA) is 66.4 Å². The van der Waals surface area contributed by atoms with Gasteiger partial charge in [-0.3, -0.25) is 0 Å². The Balaban J connectivity index is 2.85. The van der Waals surface area contributed by atoms with Crippen LogP contribution in [0.3, 0.4) is 0 Å². The van der Waals surface area contributed by atoms with Crippen LogP contribution >= 0.6 is 23.1 Å². The van der Waals surface area contributed by atoms with E-state index in [9.17, 15) is 8.42 Å². The van der Waals surface area contributed by atoms with Crippen molar-refractivity contribution in [1.29, 1.82) is 0 Å². The summed E-state index contributed by atoms with van der Waals surface area (Å²) in [4.78, 5) is 1.66. The molecular formula is C9H15NO3S3. The fourth-order valence-electron chi connectivity index (χ4n) is 1.22. The summed E-state index contributed by atoms with van der Waals surface area (Å²) in [5.74, 6) is 0.745. The minimum absolute atomic E-state index is 0.119. The molecule has 1 heterocycles. The molecule has 0 atom stereocenters. The van der Waals surface area contributed by atoms with Crippen molar-refractivity contribution < 1.29 is 13.5 Å². The molecule has 16 heavy (non-hydrogen) atoms. The lowest BCUT2D eigenvalue weighted by Crippen LogP contribution is -2.26. The van der Waals surface area contributed by atoms with E-state index >= 15 is 0 Å². The van der Waals surface area contributed by atoms with Crippen LogP contribution in [0.1, 0.15) is 9.75 Å². The fraction of sp³-hybridized carbons (Fsp3) is 0.556. The van der Waals surface area contributed by atoms with Gasteiger partial charge in [-0.1, -0.05) is 0 Å². The molecule has 0 radical (unpaired) electrons. The van der Waals surface area contributed by atoms with Gasteiger partial charge < -0.3 is 5.11 Å². The van der Waals surface area contributed by atoms with E-state index in [0.717, 1.165) is 5.75 Å². The Morgan fingerprint density at radius 1 is 1.56 bits per heavy atom. The van der Waals surface area contributed by atoms with E-state index in [4.69, 9.17) is 5.11 Å². The Labute approximate surface area is 104 Å². The van der Waals surface area contributed by atoms with Gasteiger partial charge in [-0.2, -0.15) is 11.8 Å². The van der Waals surface area contributed by atoms with Crippen LogP contribution in [0.4, 0.5) is 0 Å². The van der Waals surface area contributed by atoms with Crippen molar-refractivity contribution in [3.63, 3.8) is 0 Å². The number of hydrogen-bond acceptors (Lipinski definition) is 5. The highest BCUT2D eigenvalue weighted by Crippen LogP contribution is 2.25. The van der Waals surface area contributed by atoms with Crippen molar-refractivity contribution in [2.45, 2.75) is 18.4 Å². The van der Waals surface area contributed by atoms with Crippen LogP contribution in [0.2, 0.25) is 0 Å². The summed E-state index contributed by atoms with van der Waals surface area (Å²) in [6, 6.07) is 1.53. The minimum Gasteiger partial charge on any atom is -0.391 e. The summed E-state index contributed by atoms with van der Waals surface area (Å²) in [5, 5.41) is 8.95. The van der Waals surface area contributed by atoms with Crippen LogP contribution in [0.15, 0.2) is 11.0 Å². The molecule has 7 heteroatoms. The number of hydrogen-bond donors (Lipinski definition) is 2. The first-order valence-corrected chi connectivity index (χ1v) is 8.39. The van der Waals surface area contributed by atoms with Crippen LogP contribution in [-0.4, -0.2) is 32.1 Å². The van der Waals surface area contributed by atoms with Gasteiger partial charge in [0.1, 0.15) is 0 Å². The summed E-state index contributed by atoms with van der Waals surface area (Å²) >= 11 is 2.89.